The zero-order valence-corrected chi connectivity index (χ0v) is 30.5. The highest BCUT2D eigenvalue weighted by atomic mass is 32.3. The average molecular weight is 733 g/mol. The molecule has 0 spiro atoms. The molecule has 0 aromatic heterocycles. The van der Waals surface area contributed by atoms with E-state index >= 15 is 0 Å². The van der Waals surface area contributed by atoms with Gasteiger partial charge >= 0.3 is 0 Å². The number of hydrogen-bond donors (Lipinski definition) is 0. The summed E-state index contributed by atoms with van der Waals surface area (Å²) >= 11 is 27.8. The summed E-state index contributed by atoms with van der Waals surface area (Å²) in [6.07, 6.45) is 9.87. The highest BCUT2D eigenvalue weighted by Crippen LogP contribution is 2.71. The third-order valence-corrected chi connectivity index (χ3v) is 25.1. The van der Waals surface area contributed by atoms with Crippen LogP contribution in [0.3, 0.4) is 0 Å². The van der Waals surface area contributed by atoms with Gasteiger partial charge in [-0.25, -0.2) is 0 Å². The second kappa shape index (κ2) is 14.0. The summed E-state index contributed by atoms with van der Waals surface area (Å²) in [5, 5.41) is 4.39. The highest BCUT2D eigenvalue weighted by molar-refractivity contribution is 8.50. The number of hydrogen-bond acceptors (Lipinski definition) is 14. The summed E-state index contributed by atoms with van der Waals surface area (Å²) in [5.74, 6) is 2.32. The van der Waals surface area contributed by atoms with E-state index in [2.05, 4.69) is 58.6 Å². The van der Waals surface area contributed by atoms with E-state index in [1.807, 2.05) is 129 Å². The molecule has 0 nitrogen and oxygen atoms in total. The summed E-state index contributed by atoms with van der Waals surface area (Å²) < 4.78 is 16.6. The van der Waals surface area contributed by atoms with Gasteiger partial charge in [0.15, 0.2) is 0 Å². The van der Waals surface area contributed by atoms with E-state index < -0.39 is 0 Å². The largest absolute Gasteiger partial charge is 0.121 e. The van der Waals surface area contributed by atoms with Crippen LogP contribution in [-0.4, -0.2) is 24.0 Å². The van der Waals surface area contributed by atoms with Gasteiger partial charge in [0.1, 0.15) is 0 Å². The molecule has 0 amide bonds. The van der Waals surface area contributed by atoms with Crippen molar-refractivity contribution in [3.05, 3.63) is 63.0 Å². The van der Waals surface area contributed by atoms with Crippen LogP contribution >= 0.6 is 165 Å². The minimum atomic E-state index is 1.16. The molecule has 6 aliphatic rings. The molecule has 5 aliphatic heterocycles. The molecule has 0 N–H and O–H groups in total. The minimum Gasteiger partial charge on any atom is -0.121 e. The fourth-order valence-corrected chi connectivity index (χ4v) is 23.5. The molecule has 0 atom stereocenters. The first kappa shape index (κ1) is 29.2. The van der Waals surface area contributed by atoms with Gasteiger partial charge in [-0.1, -0.05) is 118 Å². The lowest BCUT2D eigenvalue weighted by molar-refractivity contribution is 0.886. The summed E-state index contributed by atoms with van der Waals surface area (Å²) in [6, 6.07) is 0. The topological polar surface area (TPSA) is 0 Å². The van der Waals surface area contributed by atoms with Gasteiger partial charge in [-0.3, -0.25) is 0 Å². The van der Waals surface area contributed by atoms with Crippen molar-refractivity contribution in [1.29, 1.82) is 0 Å². The summed E-state index contributed by atoms with van der Waals surface area (Å²) in [6.45, 7) is 0. The third-order valence-electron chi connectivity index (χ3n) is 5.14. The van der Waals surface area contributed by atoms with Crippen molar-refractivity contribution in [2.75, 3.05) is 24.0 Å². The molecule has 1 fully saturated rings. The Morgan fingerprint density at radius 3 is 1.44 bits per heavy atom. The molecule has 5 heterocycles. The molecule has 0 aromatic carbocycles. The van der Waals surface area contributed by atoms with Crippen LogP contribution in [0.4, 0.5) is 0 Å². The molecule has 14 heteroatoms. The maximum atomic E-state index is 2.23. The Morgan fingerprint density at radius 1 is 0.528 bits per heavy atom. The fourth-order valence-electron chi connectivity index (χ4n) is 3.53. The highest BCUT2D eigenvalue weighted by Gasteiger charge is 2.35. The quantitative estimate of drug-likeness (QED) is 0.228. The Kier molecular flexibility index (Phi) is 11.4. The van der Waals surface area contributed by atoms with E-state index in [9.17, 15) is 0 Å². The summed E-state index contributed by atoms with van der Waals surface area (Å²) in [5.41, 5.74) is 1.72. The van der Waals surface area contributed by atoms with Gasteiger partial charge in [0.2, 0.25) is 0 Å². The zero-order valence-electron chi connectivity index (χ0n) is 19.1. The summed E-state index contributed by atoms with van der Waals surface area (Å²) in [4.78, 5) is 0. The first-order valence-electron chi connectivity index (χ1n) is 10.9. The molecular weight excluding hydrogens is 713 g/mol. The van der Waals surface area contributed by atoms with Gasteiger partial charge in [0, 0.05) is 11.5 Å². The van der Waals surface area contributed by atoms with Crippen LogP contribution in [0.25, 0.3) is 0 Å². The zero-order chi connectivity index (χ0) is 24.5. The van der Waals surface area contributed by atoms with Gasteiger partial charge in [-0.05, 0) is 54.6 Å². The van der Waals surface area contributed by atoms with Crippen molar-refractivity contribution in [3.63, 3.8) is 0 Å². The summed E-state index contributed by atoms with van der Waals surface area (Å²) in [7, 11) is 0. The Bertz CT molecular complexity index is 1130. The molecule has 192 valence electrons. The van der Waals surface area contributed by atoms with Crippen LogP contribution in [-0.2, 0) is 0 Å². The normalized spacial score (nSPS) is 24.4. The van der Waals surface area contributed by atoms with Crippen molar-refractivity contribution in [2.24, 2.45) is 0 Å². The molecule has 1 saturated carbocycles. The Balaban J connectivity index is 1.01. The second-order valence-corrected chi connectivity index (χ2v) is 24.1. The fraction of sp³-hybridized carbons (Fsp3) is 0.364. The van der Waals surface area contributed by atoms with Gasteiger partial charge in [0.05, 0.1) is 46.6 Å². The van der Waals surface area contributed by atoms with Gasteiger partial charge < -0.3 is 0 Å². The number of thioether (sulfide) groups is 14. The predicted molar refractivity (Wildman–Crippen MR) is 198 cm³/mol. The Hall–Kier alpha value is 3.08. The number of rotatable bonds is 7. The lowest BCUT2D eigenvalue weighted by Gasteiger charge is -2.07. The molecule has 36 heavy (non-hydrogen) atoms. The van der Waals surface area contributed by atoms with E-state index in [-0.39, 0.29) is 0 Å². The van der Waals surface area contributed by atoms with Crippen molar-refractivity contribution in [1.82, 2.24) is 0 Å². The van der Waals surface area contributed by atoms with Crippen molar-refractivity contribution in [3.8, 4) is 0 Å². The molecular formula is C22H20S14. The molecule has 0 saturated heterocycles. The van der Waals surface area contributed by atoms with Crippen molar-refractivity contribution in [2.45, 2.75) is 25.7 Å². The predicted octanol–water partition coefficient (Wildman–Crippen LogP) is 13.5. The van der Waals surface area contributed by atoms with E-state index in [1.165, 1.54) is 68.1 Å². The van der Waals surface area contributed by atoms with E-state index in [1.54, 1.807) is 9.81 Å². The van der Waals surface area contributed by atoms with Gasteiger partial charge in [-0.2, -0.15) is 0 Å². The lowest BCUT2D eigenvalue weighted by atomic mass is 10.3. The SMILES string of the molecule is CSC1=C(SCCSC2=C(SC)SC(=C3SC4=C(SC(=C5CCCC5)S4)S3)S2)SC(=C2SC=CS2)S1. The maximum Gasteiger partial charge on any atom is 0.0718 e. The molecule has 0 aromatic rings. The van der Waals surface area contributed by atoms with Crippen LogP contribution in [0, 0.1) is 0 Å². The molecule has 1 aliphatic carbocycles. The molecule has 0 unspecified atom stereocenters. The first-order valence-corrected chi connectivity index (χ1v) is 23.6. The van der Waals surface area contributed by atoms with Crippen LogP contribution in [0.1, 0.15) is 25.7 Å². The Labute approximate surface area is 273 Å². The minimum absolute atomic E-state index is 1.16. The maximum absolute atomic E-state index is 2.23. The van der Waals surface area contributed by atoms with Crippen LogP contribution in [0.5, 0.6) is 0 Å². The van der Waals surface area contributed by atoms with Crippen molar-refractivity contribution >= 4 is 165 Å². The molecule has 6 rings (SSSR count). The molecule has 0 bridgehead atoms. The first-order chi connectivity index (χ1) is 17.7. The smallest absolute Gasteiger partial charge is 0.0718 e. The standard InChI is InChI=1S/C22H20S14/c1-23-13-16(33-18(31-13)15-25-7-8-26-15)27-9-10-28-17-14(24-2)32-21(34-17)22-35-19-20(36-22)30-12(29-19)11-5-3-4-6-11/h7-8H,3-6,9-10H2,1-2H3. The third kappa shape index (κ3) is 6.83. The second-order valence-electron chi connectivity index (χ2n) is 7.40. The van der Waals surface area contributed by atoms with E-state index in [0.717, 1.165) is 11.5 Å². The molecule has 0 radical (unpaired) electrons. The van der Waals surface area contributed by atoms with Crippen LogP contribution in [0.15, 0.2) is 63.0 Å². The van der Waals surface area contributed by atoms with Crippen LogP contribution < -0.4 is 0 Å². The lowest BCUT2D eigenvalue weighted by Crippen LogP contribution is -1.84. The van der Waals surface area contributed by atoms with E-state index in [4.69, 9.17) is 0 Å². The Morgan fingerprint density at radius 2 is 0.944 bits per heavy atom. The van der Waals surface area contributed by atoms with E-state index in [0.29, 0.717) is 0 Å². The average Bonchev–Trinajstić information content (AvgIpc) is 3.71. The number of allylic oxidation sites excluding steroid dienone is 1. The van der Waals surface area contributed by atoms with Crippen LogP contribution in [0.2, 0.25) is 0 Å². The van der Waals surface area contributed by atoms with Gasteiger partial charge in [0.25, 0.3) is 0 Å². The monoisotopic (exact) mass is 732 g/mol. The van der Waals surface area contributed by atoms with Gasteiger partial charge in [-0.15, -0.1) is 47.0 Å². The van der Waals surface area contributed by atoms with Crippen molar-refractivity contribution < 1.29 is 0 Å².